The molecule has 7 heteroatoms. The summed E-state index contributed by atoms with van der Waals surface area (Å²) >= 11 is 6.35. The fourth-order valence-electron chi connectivity index (χ4n) is 2.92. The zero-order valence-corrected chi connectivity index (χ0v) is 15.3. The molecule has 0 spiro atoms. The van der Waals surface area contributed by atoms with Crippen LogP contribution in [0.15, 0.2) is 48.7 Å². The van der Waals surface area contributed by atoms with Gasteiger partial charge in [0.1, 0.15) is 17.1 Å². The second-order valence-corrected chi connectivity index (χ2v) is 6.24. The first-order chi connectivity index (χ1) is 13.0. The number of rotatable bonds is 6. The van der Waals surface area contributed by atoms with Crippen molar-refractivity contribution in [1.82, 2.24) is 10.3 Å². The third kappa shape index (κ3) is 4.02. The van der Waals surface area contributed by atoms with Crippen LogP contribution in [0.4, 0.5) is 4.39 Å². The largest absolute Gasteiger partial charge is 0.505 e. The number of carbonyl (C=O) groups is 1. The van der Waals surface area contributed by atoms with Gasteiger partial charge in [-0.1, -0.05) is 29.8 Å². The van der Waals surface area contributed by atoms with E-state index in [1.54, 1.807) is 43.3 Å². The van der Waals surface area contributed by atoms with Crippen molar-refractivity contribution in [1.29, 1.82) is 0 Å². The molecule has 2 N–H and O–H groups in total. The van der Waals surface area contributed by atoms with Gasteiger partial charge in [-0.15, -0.1) is 0 Å². The van der Waals surface area contributed by atoms with E-state index in [0.717, 1.165) is 0 Å². The predicted molar refractivity (Wildman–Crippen MR) is 101 cm³/mol. The van der Waals surface area contributed by atoms with Crippen LogP contribution in [0.25, 0.3) is 10.9 Å². The number of phenolic OH excluding ortho intramolecular Hbond substituents is 1. The van der Waals surface area contributed by atoms with Gasteiger partial charge >= 0.3 is 5.97 Å². The van der Waals surface area contributed by atoms with E-state index in [4.69, 9.17) is 16.3 Å². The molecule has 0 aliphatic heterocycles. The number of pyridine rings is 1. The second kappa shape index (κ2) is 8.33. The van der Waals surface area contributed by atoms with E-state index in [1.165, 1.54) is 12.3 Å². The Bertz CT molecular complexity index is 981. The maximum atomic E-state index is 14.5. The molecule has 27 heavy (non-hydrogen) atoms. The average molecular weight is 389 g/mol. The minimum atomic E-state index is -0.820. The summed E-state index contributed by atoms with van der Waals surface area (Å²) in [6, 6.07) is 10.3. The minimum absolute atomic E-state index is 0.125. The number of fused-ring (bicyclic) bond motifs is 1. The monoisotopic (exact) mass is 388 g/mol. The summed E-state index contributed by atoms with van der Waals surface area (Å²) in [5.74, 6) is -1.08. The summed E-state index contributed by atoms with van der Waals surface area (Å²) in [5.41, 5.74) is 0.892. The Morgan fingerprint density at radius 1 is 1.30 bits per heavy atom. The van der Waals surface area contributed by atoms with Crippen LogP contribution in [0.3, 0.4) is 0 Å². The number of esters is 1. The van der Waals surface area contributed by atoms with E-state index in [-0.39, 0.29) is 24.5 Å². The number of ether oxygens (including phenoxy) is 1. The lowest BCUT2D eigenvalue weighted by atomic mass is 9.95. The molecular formula is C20H18ClFN2O3. The fourth-order valence-corrected chi connectivity index (χ4v) is 3.19. The lowest BCUT2D eigenvalue weighted by Crippen LogP contribution is -2.30. The Kier molecular flexibility index (Phi) is 5.88. The van der Waals surface area contributed by atoms with E-state index >= 15 is 0 Å². The average Bonchev–Trinajstić information content (AvgIpc) is 2.67. The highest BCUT2D eigenvalue weighted by molar-refractivity contribution is 6.35. The van der Waals surface area contributed by atoms with Gasteiger partial charge in [0.2, 0.25) is 0 Å². The maximum absolute atomic E-state index is 14.5. The first kappa shape index (κ1) is 19.1. The number of hydrogen-bond acceptors (Lipinski definition) is 5. The molecular weight excluding hydrogens is 371 g/mol. The molecule has 3 aromatic rings. The topological polar surface area (TPSA) is 71.5 Å². The Morgan fingerprint density at radius 3 is 2.81 bits per heavy atom. The van der Waals surface area contributed by atoms with Crippen molar-refractivity contribution in [3.8, 4) is 5.75 Å². The number of hydrogen-bond donors (Lipinski definition) is 2. The van der Waals surface area contributed by atoms with Gasteiger partial charge < -0.3 is 9.84 Å². The molecule has 0 saturated heterocycles. The number of nitrogens with one attached hydrogen (secondary N) is 1. The van der Waals surface area contributed by atoms with Crippen molar-refractivity contribution < 1.29 is 19.0 Å². The normalized spacial score (nSPS) is 12.1. The highest BCUT2D eigenvalue weighted by Crippen LogP contribution is 2.38. The van der Waals surface area contributed by atoms with Gasteiger partial charge in [-0.2, -0.15) is 0 Å². The molecule has 0 amide bonds. The van der Waals surface area contributed by atoms with Crippen LogP contribution in [-0.2, 0) is 9.53 Å². The zero-order chi connectivity index (χ0) is 19.4. The van der Waals surface area contributed by atoms with Gasteiger partial charge in [-0.05, 0) is 31.2 Å². The number of aromatic nitrogens is 1. The van der Waals surface area contributed by atoms with Crippen LogP contribution < -0.4 is 5.32 Å². The number of nitrogens with zero attached hydrogens (tertiary/aromatic N) is 1. The number of carbonyl (C=O) groups excluding carboxylic acids is 1. The number of halogens is 2. The van der Waals surface area contributed by atoms with E-state index in [0.29, 0.717) is 21.5 Å². The summed E-state index contributed by atoms with van der Waals surface area (Å²) in [5, 5.41) is 14.7. The van der Waals surface area contributed by atoms with Gasteiger partial charge in [0.25, 0.3) is 0 Å². The SMILES string of the molecule is CCOC(=O)CNC(c1ccccc1F)c1cc(Cl)c2cccnc2c1O. The highest BCUT2D eigenvalue weighted by Gasteiger charge is 2.24. The fraction of sp³-hybridized carbons (Fsp3) is 0.200. The first-order valence-electron chi connectivity index (χ1n) is 8.42. The zero-order valence-electron chi connectivity index (χ0n) is 14.6. The van der Waals surface area contributed by atoms with Crippen LogP contribution in [0, 0.1) is 5.82 Å². The smallest absolute Gasteiger partial charge is 0.319 e. The van der Waals surface area contributed by atoms with Gasteiger partial charge in [0.05, 0.1) is 24.2 Å². The van der Waals surface area contributed by atoms with Crippen LogP contribution >= 0.6 is 11.6 Å². The molecule has 0 saturated carbocycles. The molecule has 0 bridgehead atoms. The van der Waals surface area contributed by atoms with Gasteiger partial charge in [0, 0.05) is 22.7 Å². The van der Waals surface area contributed by atoms with Crippen molar-refractivity contribution in [2.24, 2.45) is 0 Å². The summed E-state index contributed by atoms with van der Waals surface area (Å²) < 4.78 is 19.4. The van der Waals surface area contributed by atoms with Crippen LogP contribution in [-0.4, -0.2) is 29.2 Å². The van der Waals surface area contributed by atoms with Gasteiger partial charge in [0.15, 0.2) is 0 Å². The van der Waals surface area contributed by atoms with Crippen LogP contribution in [0.1, 0.15) is 24.1 Å². The molecule has 0 aliphatic carbocycles. The number of phenols is 1. The predicted octanol–water partition coefficient (Wildman–Crippen LogP) is 3.98. The third-order valence-electron chi connectivity index (χ3n) is 4.13. The van der Waals surface area contributed by atoms with Crippen molar-refractivity contribution in [2.75, 3.05) is 13.2 Å². The first-order valence-corrected chi connectivity index (χ1v) is 8.80. The number of aromatic hydroxyl groups is 1. The molecule has 0 radical (unpaired) electrons. The standard InChI is InChI=1S/C20H18ClFN2O3/c1-2-27-17(25)11-24-18(13-6-3-4-8-16(13)22)14-10-15(21)12-7-5-9-23-19(12)20(14)26/h3-10,18,24,26H,2,11H2,1H3. The van der Waals surface area contributed by atoms with Gasteiger partial charge in [-0.3, -0.25) is 15.1 Å². The molecule has 0 fully saturated rings. The van der Waals surface area contributed by atoms with Crippen LogP contribution in [0.2, 0.25) is 5.02 Å². The van der Waals surface area contributed by atoms with E-state index in [9.17, 15) is 14.3 Å². The van der Waals surface area contributed by atoms with Crippen LogP contribution in [0.5, 0.6) is 5.75 Å². The molecule has 2 aromatic carbocycles. The molecule has 1 aromatic heterocycles. The van der Waals surface area contributed by atoms with Crippen molar-refractivity contribution >= 4 is 28.5 Å². The Morgan fingerprint density at radius 2 is 2.07 bits per heavy atom. The minimum Gasteiger partial charge on any atom is -0.505 e. The molecule has 0 aliphatic rings. The summed E-state index contributed by atoms with van der Waals surface area (Å²) in [4.78, 5) is 16.0. The molecule has 5 nitrogen and oxygen atoms in total. The quantitative estimate of drug-likeness (QED) is 0.625. The molecule has 1 atom stereocenters. The molecule has 1 unspecified atom stereocenters. The molecule has 1 heterocycles. The summed E-state index contributed by atoms with van der Waals surface area (Å²) in [6.07, 6.45) is 1.53. The molecule has 140 valence electrons. The maximum Gasteiger partial charge on any atom is 0.319 e. The Labute approximate surface area is 160 Å². The van der Waals surface area contributed by atoms with Crippen molar-refractivity contribution in [3.05, 3.63) is 70.6 Å². The second-order valence-electron chi connectivity index (χ2n) is 5.84. The summed E-state index contributed by atoms with van der Waals surface area (Å²) in [7, 11) is 0. The Hall–Kier alpha value is -2.70. The summed E-state index contributed by atoms with van der Waals surface area (Å²) in [6.45, 7) is 1.78. The van der Waals surface area contributed by atoms with Gasteiger partial charge in [-0.25, -0.2) is 4.39 Å². The van der Waals surface area contributed by atoms with E-state index < -0.39 is 17.8 Å². The van der Waals surface area contributed by atoms with Crippen molar-refractivity contribution in [2.45, 2.75) is 13.0 Å². The highest BCUT2D eigenvalue weighted by atomic mass is 35.5. The third-order valence-corrected chi connectivity index (χ3v) is 4.44. The lowest BCUT2D eigenvalue weighted by molar-refractivity contribution is -0.142. The van der Waals surface area contributed by atoms with Crippen molar-refractivity contribution in [3.63, 3.8) is 0 Å². The lowest BCUT2D eigenvalue weighted by Gasteiger charge is -2.22. The number of benzene rings is 2. The molecule has 3 rings (SSSR count). The van der Waals surface area contributed by atoms with E-state index in [2.05, 4.69) is 10.3 Å². The Balaban J connectivity index is 2.10. The van der Waals surface area contributed by atoms with E-state index in [1.807, 2.05) is 0 Å².